The first kappa shape index (κ1) is 14.9. The summed E-state index contributed by atoms with van der Waals surface area (Å²) in [6, 6.07) is 7.95. The molecule has 0 aliphatic heterocycles. The minimum Gasteiger partial charge on any atom is -0.487 e. The summed E-state index contributed by atoms with van der Waals surface area (Å²) in [5, 5.41) is 4.92. The van der Waals surface area contributed by atoms with Crippen molar-refractivity contribution in [3.05, 3.63) is 46.2 Å². The Morgan fingerprint density at radius 2 is 2.00 bits per heavy atom. The largest absolute Gasteiger partial charge is 0.487 e. The molecule has 2 N–H and O–H groups in total. The molecule has 5 heteroatoms. The van der Waals surface area contributed by atoms with E-state index in [1.807, 2.05) is 38.2 Å². The third-order valence-electron chi connectivity index (χ3n) is 3.39. The standard InChI is InChI=1S/C15H20ClN3O/c1-4-13(17)11-5-7-12(8-6-11)20-9-14-15(16)10(2)18-19(14)3/h5-8,13H,4,9,17H2,1-3H3/t13-/m0/s1. The van der Waals surface area contributed by atoms with E-state index in [1.54, 1.807) is 4.68 Å². The second-order valence-corrected chi connectivity index (χ2v) is 5.22. The van der Waals surface area contributed by atoms with Gasteiger partial charge in [-0.3, -0.25) is 4.68 Å². The van der Waals surface area contributed by atoms with Gasteiger partial charge in [-0.2, -0.15) is 5.10 Å². The van der Waals surface area contributed by atoms with E-state index in [1.165, 1.54) is 0 Å². The van der Waals surface area contributed by atoms with Crippen LogP contribution in [0.1, 0.15) is 36.3 Å². The molecule has 0 spiro atoms. The van der Waals surface area contributed by atoms with E-state index >= 15 is 0 Å². The van der Waals surface area contributed by atoms with Gasteiger partial charge in [0.15, 0.2) is 0 Å². The van der Waals surface area contributed by atoms with Crippen LogP contribution in [0.4, 0.5) is 0 Å². The third-order valence-corrected chi connectivity index (χ3v) is 3.88. The zero-order valence-corrected chi connectivity index (χ0v) is 12.8. The van der Waals surface area contributed by atoms with Crippen LogP contribution in [0.15, 0.2) is 24.3 Å². The molecule has 1 atom stereocenters. The SMILES string of the molecule is CC[C@H](N)c1ccc(OCc2c(Cl)c(C)nn2C)cc1. The maximum absolute atomic E-state index is 6.19. The Bertz CT molecular complexity index is 578. The van der Waals surface area contributed by atoms with Crippen molar-refractivity contribution in [2.45, 2.75) is 32.9 Å². The van der Waals surface area contributed by atoms with E-state index in [-0.39, 0.29) is 6.04 Å². The molecule has 0 aliphatic rings. The van der Waals surface area contributed by atoms with Crippen molar-refractivity contribution in [1.82, 2.24) is 9.78 Å². The Morgan fingerprint density at radius 1 is 1.35 bits per heavy atom. The molecular formula is C15H20ClN3O. The van der Waals surface area contributed by atoms with Crippen molar-refractivity contribution in [2.75, 3.05) is 0 Å². The number of halogens is 1. The van der Waals surface area contributed by atoms with Crippen molar-refractivity contribution in [3.8, 4) is 5.75 Å². The minimum absolute atomic E-state index is 0.0817. The second kappa shape index (κ2) is 6.29. The van der Waals surface area contributed by atoms with E-state index in [2.05, 4.69) is 12.0 Å². The highest BCUT2D eigenvalue weighted by molar-refractivity contribution is 6.31. The lowest BCUT2D eigenvalue weighted by Crippen LogP contribution is -2.08. The molecule has 0 fully saturated rings. The Hall–Kier alpha value is -1.52. The molecule has 0 amide bonds. The zero-order chi connectivity index (χ0) is 14.7. The van der Waals surface area contributed by atoms with E-state index in [9.17, 15) is 0 Å². The second-order valence-electron chi connectivity index (χ2n) is 4.84. The van der Waals surface area contributed by atoms with Gasteiger partial charge in [0.25, 0.3) is 0 Å². The molecule has 4 nitrogen and oxygen atoms in total. The van der Waals surface area contributed by atoms with Gasteiger partial charge in [0.1, 0.15) is 12.4 Å². The summed E-state index contributed by atoms with van der Waals surface area (Å²) in [4.78, 5) is 0. The number of ether oxygens (including phenoxy) is 1. The predicted molar refractivity (Wildman–Crippen MR) is 80.9 cm³/mol. The van der Waals surface area contributed by atoms with E-state index < -0.39 is 0 Å². The van der Waals surface area contributed by atoms with Crippen LogP contribution in [-0.2, 0) is 13.7 Å². The molecule has 20 heavy (non-hydrogen) atoms. The summed E-state index contributed by atoms with van der Waals surface area (Å²) in [6.45, 7) is 4.35. The van der Waals surface area contributed by atoms with Crippen molar-refractivity contribution >= 4 is 11.6 Å². The molecule has 0 radical (unpaired) electrons. The van der Waals surface area contributed by atoms with Crippen LogP contribution in [0.25, 0.3) is 0 Å². The molecule has 1 aromatic heterocycles. The third kappa shape index (κ3) is 3.14. The van der Waals surface area contributed by atoms with Crippen LogP contribution in [0, 0.1) is 6.92 Å². The number of hydrogen-bond donors (Lipinski definition) is 1. The molecule has 0 bridgehead atoms. The Morgan fingerprint density at radius 3 is 2.50 bits per heavy atom. The molecule has 1 heterocycles. The van der Waals surface area contributed by atoms with Gasteiger partial charge in [-0.15, -0.1) is 0 Å². The summed E-state index contributed by atoms with van der Waals surface area (Å²) in [7, 11) is 1.86. The van der Waals surface area contributed by atoms with Gasteiger partial charge >= 0.3 is 0 Å². The topological polar surface area (TPSA) is 53.1 Å². The average Bonchev–Trinajstić information content (AvgIpc) is 2.70. The smallest absolute Gasteiger partial charge is 0.131 e. The van der Waals surface area contributed by atoms with Crippen LogP contribution >= 0.6 is 11.6 Å². The molecule has 0 saturated heterocycles. The van der Waals surface area contributed by atoms with Crippen LogP contribution in [-0.4, -0.2) is 9.78 Å². The summed E-state index contributed by atoms with van der Waals surface area (Å²) < 4.78 is 7.50. The predicted octanol–water partition coefficient (Wildman–Crippen LogP) is 3.37. The first-order valence-corrected chi connectivity index (χ1v) is 7.07. The highest BCUT2D eigenvalue weighted by Gasteiger charge is 2.11. The van der Waals surface area contributed by atoms with Crippen molar-refractivity contribution < 1.29 is 4.74 Å². The lowest BCUT2D eigenvalue weighted by Gasteiger charge is -2.11. The normalized spacial score (nSPS) is 12.4. The Kier molecular flexibility index (Phi) is 4.68. The lowest BCUT2D eigenvalue weighted by atomic mass is 10.1. The maximum atomic E-state index is 6.19. The highest BCUT2D eigenvalue weighted by Crippen LogP contribution is 2.22. The van der Waals surface area contributed by atoms with E-state index in [4.69, 9.17) is 22.1 Å². The Balaban J connectivity index is 2.04. The highest BCUT2D eigenvalue weighted by atomic mass is 35.5. The summed E-state index contributed by atoms with van der Waals surface area (Å²) in [5.41, 5.74) is 8.79. The monoisotopic (exact) mass is 293 g/mol. The van der Waals surface area contributed by atoms with Gasteiger partial charge in [0.05, 0.1) is 16.4 Å². The first-order chi connectivity index (χ1) is 9.52. The zero-order valence-electron chi connectivity index (χ0n) is 12.1. The number of nitrogens with two attached hydrogens (primary N) is 1. The molecular weight excluding hydrogens is 274 g/mol. The van der Waals surface area contributed by atoms with Gasteiger partial charge < -0.3 is 10.5 Å². The van der Waals surface area contributed by atoms with Crippen molar-refractivity contribution in [2.24, 2.45) is 12.8 Å². The molecule has 108 valence electrons. The van der Waals surface area contributed by atoms with Crippen LogP contribution < -0.4 is 10.5 Å². The van der Waals surface area contributed by atoms with Gasteiger partial charge in [-0.1, -0.05) is 30.7 Å². The molecule has 2 rings (SSSR count). The van der Waals surface area contributed by atoms with Crippen LogP contribution in [0.5, 0.6) is 5.75 Å². The fraction of sp³-hybridized carbons (Fsp3) is 0.400. The summed E-state index contributed by atoms with van der Waals surface area (Å²) >= 11 is 6.19. The lowest BCUT2D eigenvalue weighted by molar-refractivity contribution is 0.295. The summed E-state index contributed by atoms with van der Waals surface area (Å²) in [6.07, 6.45) is 0.921. The van der Waals surface area contributed by atoms with Gasteiger partial charge in [0.2, 0.25) is 0 Å². The molecule has 0 unspecified atom stereocenters. The fourth-order valence-electron chi connectivity index (χ4n) is 2.04. The van der Waals surface area contributed by atoms with Crippen LogP contribution in [0.2, 0.25) is 5.02 Å². The first-order valence-electron chi connectivity index (χ1n) is 6.69. The average molecular weight is 294 g/mol. The summed E-state index contributed by atoms with van der Waals surface area (Å²) in [5.74, 6) is 0.798. The molecule has 0 aliphatic carbocycles. The minimum atomic E-state index is 0.0817. The number of hydrogen-bond acceptors (Lipinski definition) is 3. The molecule has 1 aromatic carbocycles. The van der Waals surface area contributed by atoms with E-state index in [0.717, 1.165) is 29.1 Å². The number of benzene rings is 1. The van der Waals surface area contributed by atoms with Gasteiger partial charge in [-0.05, 0) is 31.0 Å². The quantitative estimate of drug-likeness (QED) is 0.919. The van der Waals surface area contributed by atoms with Crippen molar-refractivity contribution in [1.29, 1.82) is 0 Å². The number of nitrogens with zero attached hydrogens (tertiary/aromatic N) is 2. The number of aromatic nitrogens is 2. The van der Waals surface area contributed by atoms with Gasteiger partial charge in [0, 0.05) is 13.1 Å². The fourth-order valence-corrected chi connectivity index (χ4v) is 2.25. The van der Waals surface area contributed by atoms with Crippen LogP contribution in [0.3, 0.4) is 0 Å². The Labute approximate surface area is 124 Å². The van der Waals surface area contributed by atoms with Gasteiger partial charge in [-0.25, -0.2) is 0 Å². The van der Waals surface area contributed by atoms with E-state index in [0.29, 0.717) is 11.6 Å². The maximum Gasteiger partial charge on any atom is 0.131 e. The number of aryl methyl sites for hydroxylation is 2. The van der Waals surface area contributed by atoms with Crippen molar-refractivity contribution in [3.63, 3.8) is 0 Å². The molecule has 0 saturated carbocycles. The number of rotatable bonds is 5. The molecule has 2 aromatic rings.